The van der Waals surface area contributed by atoms with Crippen LogP contribution in [0, 0.1) is 6.92 Å². The van der Waals surface area contributed by atoms with E-state index in [1.165, 1.54) is 0 Å². The van der Waals surface area contributed by atoms with Gasteiger partial charge in [0.15, 0.2) is 0 Å². The highest BCUT2D eigenvalue weighted by Gasteiger charge is 2.34. The molecule has 2 rings (SSSR count). The number of ether oxygens (including phenoxy) is 1. The maximum absolute atomic E-state index is 5.73. The lowest BCUT2D eigenvalue weighted by Gasteiger charge is -2.38. The Labute approximate surface area is 77.4 Å². The zero-order valence-corrected chi connectivity index (χ0v) is 7.87. The zero-order chi connectivity index (χ0) is 9.31. The van der Waals surface area contributed by atoms with E-state index >= 15 is 0 Å². The molecule has 0 aromatic carbocycles. The van der Waals surface area contributed by atoms with Crippen LogP contribution >= 0.6 is 0 Å². The molecule has 70 valence electrons. The van der Waals surface area contributed by atoms with Gasteiger partial charge in [0.05, 0.1) is 5.69 Å². The Morgan fingerprint density at radius 3 is 2.62 bits per heavy atom. The van der Waals surface area contributed by atoms with Crippen LogP contribution in [0.1, 0.15) is 12.6 Å². The molecule has 0 spiro atoms. The van der Waals surface area contributed by atoms with Crippen molar-refractivity contribution in [2.75, 3.05) is 13.1 Å². The van der Waals surface area contributed by atoms with Crippen LogP contribution in [0.2, 0.25) is 0 Å². The van der Waals surface area contributed by atoms with E-state index in [0.717, 1.165) is 18.8 Å². The molecule has 2 heterocycles. The summed E-state index contributed by atoms with van der Waals surface area (Å²) in [5.74, 6) is 0.645. The summed E-state index contributed by atoms with van der Waals surface area (Å²) in [5, 5.41) is 3.17. The number of aryl methyl sites for hydroxylation is 1. The summed E-state index contributed by atoms with van der Waals surface area (Å²) in [7, 11) is 0. The highest BCUT2D eigenvalue weighted by molar-refractivity contribution is 5.17. The van der Waals surface area contributed by atoms with Gasteiger partial charge < -0.3 is 10.1 Å². The quantitative estimate of drug-likeness (QED) is 0.719. The highest BCUT2D eigenvalue weighted by atomic mass is 16.5. The average molecular weight is 179 g/mol. The number of hydrogen-bond acceptors (Lipinski definition) is 4. The van der Waals surface area contributed by atoms with Crippen LogP contribution in [-0.2, 0) is 0 Å². The van der Waals surface area contributed by atoms with Gasteiger partial charge in [0.2, 0.25) is 5.88 Å². The molecule has 0 atom stereocenters. The summed E-state index contributed by atoms with van der Waals surface area (Å²) >= 11 is 0. The molecule has 1 aromatic heterocycles. The third-order valence-electron chi connectivity index (χ3n) is 2.18. The van der Waals surface area contributed by atoms with Crippen molar-refractivity contribution in [1.29, 1.82) is 0 Å². The Morgan fingerprint density at radius 2 is 2.08 bits per heavy atom. The van der Waals surface area contributed by atoms with Gasteiger partial charge >= 0.3 is 0 Å². The minimum Gasteiger partial charge on any atom is -0.467 e. The predicted octanol–water partition coefficient (Wildman–Crippen LogP) is 0.526. The maximum Gasteiger partial charge on any atom is 0.235 e. The molecule has 0 bridgehead atoms. The molecule has 1 N–H and O–H groups in total. The number of nitrogens with one attached hydrogen (secondary N) is 1. The van der Waals surface area contributed by atoms with Crippen molar-refractivity contribution < 1.29 is 4.74 Å². The summed E-state index contributed by atoms with van der Waals surface area (Å²) in [6, 6.07) is 0. The van der Waals surface area contributed by atoms with Gasteiger partial charge in [-0.15, -0.1) is 0 Å². The first-order chi connectivity index (χ1) is 6.20. The van der Waals surface area contributed by atoms with Crippen LogP contribution in [0.3, 0.4) is 0 Å². The molecule has 0 radical (unpaired) electrons. The van der Waals surface area contributed by atoms with Crippen molar-refractivity contribution >= 4 is 0 Å². The van der Waals surface area contributed by atoms with Gasteiger partial charge in [-0.1, -0.05) is 0 Å². The second kappa shape index (κ2) is 2.96. The summed E-state index contributed by atoms with van der Waals surface area (Å²) in [6.45, 7) is 5.72. The largest absolute Gasteiger partial charge is 0.467 e. The van der Waals surface area contributed by atoms with Crippen LogP contribution in [0.25, 0.3) is 0 Å². The lowest BCUT2D eigenvalue weighted by Crippen LogP contribution is -2.61. The third kappa shape index (κ3) is 1.62. The lowest BCUT2D eigenvalue weighted by molar-refractivity contribution is 0.0293. The second-order valence-corrected chi connectivity index (χ2v) is 3.60. The SMILES string of the molecule is Cc1nccnc1OC1(C)CNC1. The molecule has 0 saturated carbocycles. The smallest absolute Gasteiger partial charge is 0.235 e. The van der Waals surface area contributed by atoms with E-state index in [-0.39, 0.29) is 5.60 Å². The minimum absolute atomic E-state index is 0.0964. The van der Waals surface area contributed by atoms with E-state index in [1.54, 1.807) is 12.4 Å². The molecule has 1 saturated heterocycles. The van der Waals surface area contributed by atoms with Gasteiger partial charge in [-0.2, -0.15) is 0 Å². The van der Waals surface area contributed by atoms with Crippen molar-refractivity contribution in [3.63, 3.8) is 0 Å². The Kier molecular flexibility index (Phi) is 1.92. The van der Waals surface area contributed by atoms with E-state index in [0.29, 0.717) is 5.88 Å². The fourth-order valence-corrected chi connectivity index (χ4v) is 1.28. The standard InChI is InChI=1S/C9H13N3O/c1-7-8(12-4-3-11-7)13-9(2)5-10-6-9/h3-4,10H,5-6H2,1-2H3. The molecule has 4 heteroatoms. The number of aromatic nitrogens is 2. The van der Waals surface area contributed by atoms with Crippen molar-refractivity contribution in [1.82, 2.24) is 15.3 Å². The number of nitrogens with zero attached hydrogens (tertiary/aromatic N) is 2. The fourth-order valence-electron chi connectivity index (χ4n) is 1.28. The Balaban J connectivity index is 2.13. The third-order valence-corrected chi connectivity index (χ3v) is 2.18. The molecule has 0 unspecified atom stereocenters. The number of hydrogen-bond donors (Lipinski definition) is 1. The Hall–Kier alpha value is -1.16. The van der Waals surface area contributed by atoms with Crippen LogP contribution in [0.5, 0.6) is 5.88 Å². The van der Waals surface area contributed by atoms with Crippen molar-refractivity contribution in [3.8, 4) is 5.88 Å². The summed E-state index contributed by atoms with van der Waals surface area (Å²) in [6.07, 6.45) is 3.32. The molecule has 0 aliphatic carbocycles. The van der Waals surface area contributed by atoms with E-state index in [9.17, 15) is 0 Å². The molecule has 4 nitrogen and oxygen atoms in total. The normalized spacial score (nSPS) is 19.2. The van der Waals surface area contributed by atoms with Crippen molar-refractivity contribution in [3.05, 3.63) is 18.1 Å². The van der Waals surface area contributed by atoms with E-state index in [1.807, 2.05) is 6.92 Å². The molecule has 1 aromatic rings. The summed E-state index contributed by atoms with van der Waals surface area (Å²) in [5.41, 5.74) is 0.747. The van der Waals surface area contributed by atoms with Crippen molar-refractivity contribution in [2.24, 2.45) is 0 Å². The van der Waals surface area contributed by atoms with Crippen LogP contribution in [0.15, 0.2) is 12.4 Å². The monoisotopic (exact) mass is 179 g/mol. The predicted molar refractivity (Wildman–Crippen MR) is 48.7 cm³/mol. The fraction of sp³-hybridized carbons (Fsp3) is 0.556. The Morgan fingerprint density at radius 1 is 1.38 bits per heavy atom. The first kappa shape index (κ1) is 8.44. The van der Waals surface area contributed by atoms with Gasteiger partial charge in [-0.05, 0) is 13.8 Å². The first-order valence-electron chi connectivity index (χ1n) is 4.37. The molecule has 1 fully saturated rings. The van der Waals surface area contributed by atoms with E-state index in [4.69, 9.17) is 4.74 Å². The van der Waals surface area contributed by atoms with Gasteiger partial charge in [-0.3, -0.25) is 4.98 Å². The van der Waals surface area contributed by atoms with Gasteiger partial charge in [0, 0.05) is 25.5 Å². The van der Waals surface area contributed by atoms with Gasteiger partial charge in [0.25, 0.3) is 0 Å². The molecular weight excluding hydrogens is 166 g/mol. The number of rotatable bonds is 2. The first-order valence-corrected chi connectivity index (χ1v) is 4.37. The van der Waals surface area contributed by atoms with Crippen LogP contribution in [-0.4, -0.2) is 28.7 Å². The van der Waals surface area contributed by atoms with Gasteiger partial charge in [0.1, 0.15) is 5.60 Å². The summed E-state index contributed by atoms with van der Waals surface area (Å²) < 4.78 is 5.73. The molecule has 1 aliphatic heterocycles. The Bertz CT molecular complexity index is 309. The van der Waals surface area contributed by atoms with Gasteiger partial charge in [-0.25, -0.2) is 4.98 Å². The van der Waals surface area contributed by atoms with Crippen molar-refractivity contribution in [2.45, 2.75) is 19.4 Å². The van der Waals surface area contributed by atoms with E-state index < -0.39 is 0 Å². The van der Waals surface area contributed by atoms with Crippen LogP contribution < -0.4 is 10.1 Å². The lowest BCUT2D eigenvalue weighted by atomic mass is 10.0. The maximum atomic E-state index is 5.73. The second-order valence-electron chi connectivity index (χ2n) is 3.60. The average Bonchev–Trinajstić information content (AvgIpc) is 2.06. The minimum atomic E-state index is -0.0964. The summed E-state index contributed by atoms with van der Waals surface area (Å²) in [4.78, 5) is 8.25. The molecule has 0 amide bonds. The zero-order valence-electron chi connectivity index (χ0n) is 7.87. The highest BCUT2D eigenvalue weighted by Crippen LogP contribution is 2.20. The van der Waals surface area contributed by atoms with Crippen LogP contribution in [0.4, 0.5) is 0 Å². The van der Waals surface area contributed by atoms with E-state index in [2.05, 4.69) is 22.2 Å². The molecule has 1 aliphatic rings. The topological polar surface area (TPSA) is 47.0 Å². The molecular formula is C9H13N3O. The molecule has 13 heavy (non-hydrogen) atoms.